The van der Waals surface area contributed by atoms with Gasteiger partial charge in [0.2, 0.25) is 0 Å². The highest BCUT2D eigenvalue weighted by Gasteiger charge is 2.15. The van der Waals surface area contributed by atoms with Crippen molar-refractivity contribution in [1.29, 1.82) is 0 Å². The molecule has 24 heavy (non-hydrogen) atoms. The number of hydrogen-bond donors (Lipinski definition) is 4. The first-order chi connectivity index (χ1) is 11.5. The smallest absolute Gasteiger partial charge is 0.333 e. The van der Waals surface area contributed by atoms with E-state index in [0.29, 0.717) is 15.7 Å². The Morgan fingerprint density at radius 2 is 1.46 bits per heavy atom. The summed E-state index contributed by atoms with van der Waals surface area (Å²) in [4.78, 5) is 35.6. The van der Waals surface area contributed by atoms with E-state index in [1.54, 1.807) is 42.5 Å². The number of hydrazine groups is 1. The molecule has 0 saturated carbocycles. The van der Waals surface area contributed by atoms with Gasteiger partial charge < -0.3 is 10.6 Å². The highest BCUT2D eigenvalue weighted by Crippen LogP contribution is 2.20. The summed E-state index contributed by atoms with van der Waals surface area (Å²) in [6.45, 7) is 0. The molecule has 0 aliphatic heterocycles. The lowest BCUT2D eigenvalue weighted by atomic mass is 10.1. The molecule has 0 fully saturated rings. The summed E-state index contributed by atoms with van der Waals surface area (Å²) in [5.41, 5.74) is 5.42. The third-order valence-electron chi connectivity index (χ3n) is 3.05. The maximum Gasteiger partial charge on any atom is 0.333 e. The minimum Gasteiger partial charge on any atom is -0.340 e. The molecule has 0 aliphatic carbocycles. The van der Waals surface area contributed by atoms with Gasteiger partial charge in [-0.1, -0.05) is 24.3 Å². The van der Waals surface area contributed by atoms with E-state index in [0.717, 1.165) is 0 Å². The summed E-state index contributed by atoms with van der Waals surface area (Å²) in [5, 5.41) is 5.00. The second-order valence-corrected chi connectivity index (χ2v) is 5.49. The fourth-order valence-electron chi connectivity index (χ4n) is 1.87. The molecule has 4 N–H and O–H groups in total. The Morgan fingerprint density at radius 3 is 2.12 bits per heavy atom. The summed E-state index contributed by atoms with van der Waals surface area (Å²) in [5.74, 6) is -0.913. The van der Waals surface area contributed by atoms with Crippen LogP contribution in [0.1, 0.15) is 20.7 Å². The molecule has 0 spiro atoms. The third kappa shape index (κ3) is 4.32. The van der Waals surface area contributed by atoms with Gasteiger partial charge in [-0.15, -0.1) is 0 Å². The topological polar surface area (TPSA) is 99.3 Å². The zero-order chi connectivity index (χ0) is 17.5. The Labute approximate surface area is 146 Å². The van der Waals surface area contributed by atoms with E-state index in [2.05, 4.69) is 37.4 Å². The molecule has 0 aliphatic rings. The lowest BCUT2D eigenvalue weighted by Crippen LogP contribution is -2.45. The summed E-state index contributed by atoms with van der Waals surface area (Å²) < 4.78 is 0.644. The van der Waals surface area contributed by atoms with Crippen LogP contribution in [0.15, 0.2) is 53.0 Å². The Balaban J connectivity index is 2.17. The number of anilines is 1. The largest absolute Gasteiger partial charge is 0.340 e. The van der Waals surface area contributed by atoms with Crippen LogP contribution in [0.2, 0.25) is 0 Å². The Kier molecular flexibility index (Phi) is 5.91. The maximum atomic E-state index is 12.4. The first kappa shape index (κ1) is 17.5. The van der Waals surface area contributed by atoms with Crippen molar-refractivity contribution in [3.8, 4) is 0 Å². The molecule has 0 radical (unpaired) electrons. The van der Waals surface area contributed by atoms with Gasteiger partial charge in [0, 0.05) is 11.5 Å². The van der Waals surface area contributed by atoms with Gasteiger partial charge in [0.1, 0.15) is 0 Å². The van der Waals surface area contributed by atoms with Gasteiger partial charge in [0.15, 0.2) is 0 Å². The molecule has 0 aromatic heterocycles. The molecule has 2 aromatic carbocycles. The SMILES string of the molecule is CNC(=O)NNC(=O)c1ccccc1NC(=O)c1ccccc1Br. The normalized spacial score (nSPS) is 9.75. The van der Waals surface area contributed by atoms with Crippen LogP contribution in [0.4, 0.5) is 10.5 Å². The number of carbonyl (C=O) groups is 3. The number of rotatable bonds is 3. The average Bonchev–Trinajstić information content (AvgIpc) is 2.60. The zero-order valence-electron chi connectivity index (χ0n) is 12.7. The molecule has 2 aromatic rings. The fourth-order valence-corrected chi connectivity index (χ4v) is 2.33. The van der Waals surface area contributed by atoms with Crippen molar-refractivity contribution in [3.05, 3.63) is 64.1 Å². The van der Waals surface area contributed by atoms with Crippen molar-refractivity contribution in [2.45, 2.75) is 0 Å². The Hall–Kier alpha value is -2.87. The van der Waals surface area contributed by atoms with Crippen LogP contribution < -0.4 is 21.5 Å². The van der Waals surface area contributed by atoms with E-state index in [4.69, 9.17) is 0 Å². The molecule has 0 heterocycles. The van der Waals surface area contributed by atoms with Gasteiger partial charge >= 0.3 is 6.03 Å². The molecule has 0 bridgehead atoms. The molecule has 4 amide bonds. The van der Waals surface area contributed by atoms with Gasteiger partial charge in [-0.2, -0.15) is 0 Å². The van der Waals surface area contributed by atoms with Gasteiger partial charge in [-0.05, 0) is 40.2 Å². The number of urea groups is 1. The van der Waals surface area contributed by atoms with Crippen LogP contribution in [-0.2, 0) is 0 Å². The summed E-state index contributed by atoms with van der Waals surface area (Å²) in [6.07, 6.45) is 0. The average molecular weight is 391 g/mol. The highest BCUT2D eigenvalue weighted by atomic mass is 79.9. The number of nitrogens with one attached hydrogen (secondary N) is 4. The van der Waals surface area contributed by atoms with Crippen LogP contribution in [0.3, 0.4) is 0 Å². The minimum absolute atomic E-state index is 0.217. The van der Waals surface area contributed by atoms with Crippen molar-refractivity contribution in [2.24, 2.45) is 0 Å². The predicted molar refractivity (Wildman–Crippen MR) is 93.6 cm³/mol. The zero-order valence-corrected chi connectivity index (χ0v) is 14.3. The first-order valence-corrected chi connectivity index (χ1v) is 7.75. The number of amides is 4. The van der Waals surface area contributed by atoms with E-state index in [1.165, 1.54) is 13.1 Å². The number of para-hydroxylation sites is 1. The van der Waals surface area contributed by atoms with Gasteiger partial charge in [0.25, 0.3) is 11.8 Å². The lowest BCUT2D eigenvalue weighted by molar-refractivity contribution is 0.0937. The van der Waals surface area contributed by atoms with Crippen molar-refractivity contribution in [1.82, 2.24) is 16.2 Å². The van der Waals surface area contributed by atoms with E-state index < -0.39 is 11.9 Å². The molecule has 7 nitrogen and oxygen atoms in total. The fraction of sp³-hybridized carbons (Fsp3) is 0.0625. The highest BCUT2D eigenvalue weighted by molar-refractivity contribution is 9.10. The summed E-state index contributed by atoms with van der Waals surface area (Å²) in [6, 6.07) is 12.9. The molecule has 8 heteroatoms. The van der Waals surface area contributed by atoms with Crippen molar-refractivity contribution in [2.75, 3.05) is 12.4 Å². The molecule has 0 saturated heterocycles. The Morgan fingerprint density at radius 1 is 0.833 bits per heavy atom. The van der Waals surface area contributed by atoms with Crippen molar-refractivity contribution < 1.29 is 14.4 Å². The van der Waals surface area contributed by atoms with E-state index in [1.807, 2.05) is 0 Å². The van der Waals surface area contributed by atoms with Gasteiger partial charge in [-0.25, -0.2) is 10.2 Å². The van der Waals surface area contributed by atoms with Gasteiger partial charge in [0.05, 0.1) is 16.8 Å². The van der Waals surface area contributed by atoms with Crippen LogP contribution in [0.5, 0.6) is 0 Å². The second kappa shape index (κ2) is 8.11. The number of halogens is 1. The molecule has 2 rings (SSSR count). The first-order valence-electron chi connectivity index (χ1n) is 6.96. The summed E-state index contributed by atoms with van der Waals surface area (Å²) >= 11 is 3.31. The third-order valence-corrected chi connectivity index (χ3v) is 3.75. The quantitative estimate of drug-likeness (QED) is 0.604. The van der Waals surface area contributed by atoms with E-state index in [9.17, 15) is 14.4 Å². The molecular formula is C16H15BrN4O3. The van der Waals surface area contributed by atoms with Crippen LogP contribution >= 0.6 is 15.9 Å². The number of carbonyl (C=O) groups excluding carboxylic acids is 3. The van der Waals surface area contributed by atoms with Crippen LogP contribution in [0.25, 0.3) is 0 Å². The predicted octanol–water partition coefficient (Wildman–Crippen LogP) is 2.28. The molecule has 0 atom stereocenters. The van der Waals surface area contributed by atoms with Crippen molar-refractivity contribution in [3.63, 3.8) is 0 Å². The van der Waals surface area contributed by atoms with Gasteiger partial charge in [-0.3, -0.25) is 15.0 Å². The van der Waals surface area contributed by atoms with E-state index >= 15 is 0 Å². The second-order valence-electron chi connectivity index (χ2n) is 4.64. The monoisotopic (exact) mass is 390 g/mol. The summed E-state index contributed by atoms with van der Waals surface area (Å²) in [7, 11) is 1.42. The van der Waals surface area contributed by atoms with E-state index in [-0.39, 0.29) is 11.5 Å². The minimum atomic E-state index is -0.557. The maximum absolute atomic E-state index is 12.4. The molecular weight excluding hydrogens is 376 g/mol. The standard InChI is InChI=1S/C16H15BrN4O3/c1-18-16(24)21-20-15(23)11-7-3-5-9-13(11)19-14(22)10-6-2-4-8-12(10)17/h2-9H,1H3,(H,19,22)(H,20,23)(H2,18,21,24). The van der Waals surface area contributed by atoms with Crippen LogP contribution in [-0.4, -0.2) is 24.9 Å². The lowest BCUT2D eigenvalue weighted by Gasteiger charge is -2.12. The molecule has 0 unspecified atom stereocenters. The Bertz CT molecular complexity index is 779. The van der Waals surface area contributed by atoms with Crippen LogP contribution in [0, 0.1) is 0 Å². The number of benzene rings is 2. The van der Waals surface area contributed by atoms with Crippen molar-refractivity contribution >= 4 is 39.5 Å². The number of hydrogen-bond acceptors (Lipinski definition) is 3. The molecule has 124 valence electrons.